The van der Waals surface area contributed by atoms with Gasteiger partial charge in [0.1, 0.15) is 0 Å². The Kier molecular flexibility index (Phi) is 6.09. The summed E-state index contributed by atoms with van der Waals surface area (Å²) in [6.45, 7) is 6.22. The summed E-state index contributed by atoms with van der Waals surface area (Å²) in [5, 5.41) is 0. The molecular weight excluding hydrogens is 641 g/mol. The summed E-state index contributed by atoms with van der Waals surface area (Å²) in [6, 6.07) is 56.7. The van der Waals surface area contributed by atoms with Gasteiger partial charge in [-0.2, -0.15) is 0 Å². The summed E-state index contributed by atoms with van der Waals surface area (Å²) in [5.41, 5.74) is 20.1. The second-order valence-electron chi connectivity index (χ2n) is 14.7. The van der Waals surface area contributed by atoms with E-state index in [9.17, 15) is 4.79 Å². The van der Waals surface area contributed by atoms with E-state index in [1.807, 2.05) is 24.3 Å². The minimum atomic E-state index is -0.499. The third-order valence-electron chi connectivity index (χ3n) is 12.6. The van der Waals surface area contributed by atoms with Gasteiger partial charge in [-0.1, -0.05) is 170 Å². The zero-order valence-corrected chi connectivity index (χ0v) is 29.4. The molecule has 248 valence electrons. The Bertz CT molecular complexity index is 2780. The molecule has 1 atom stereocenters. The van der Waals surface area contributed by atoms with Gasteiger partial charge in [0.2, 0.25) is 0 Å². The van der Waals surface area contributed by atoms with Crippen molar-refractivity contribution in [2.75, 3.05) is 0 Å². The monoisotopic (exact) mass is 674 g/mol. The van der Waals surface area contributed by atoms with Crippen molar-refractivity contribution in [2.24, 2.45) is 0 Å². The van der Waals surface area contributed by atoms with Gasteiger partial charge in [-0.25, -0.2) is 0 Å². The maximum Gasteiger partial charge on any atom is 0.193 e. The Morgan fingerprint density at radius 2 is 0.811 bits per heavy atom. The molecule has 53 heavy (non-hydrogen) atoms. The van der Waals surface area contributed by atoms with Crippen molar-refractivity contribution < 1.29 is 4.79 Å². The van der Waals surface area contributed by atoms with E-state index in [0.717, 1.165) is 0 Å². The second-order valence-corrected chi connectivity index (χ2v) is 14.7. The molecule has 0 aromatic heterocycles. The Morgan fingerprint density at radius 3 is 1.26 bits per heavy atom. The highest BCUT2D eigenvalue weighted by molar-refractivity contribution is 6.11. The van der Waals surface area contributed by atoms with Crippen LogP contribution in [0.5, 0.6) is 0 Å². The average Bonchev–Trinajstić information content (AvgIpc) is 3.88. The molecular formula is C52H34O. The first-order chi connectivity index (χ1) is 26.1. The normalized spacial score (nSPS) is 17.4. The van der Waals surface area contributed by atoms with Crippen LogP contribution in [0.15, 0.2) is 188 Å². The number of rotatable bonds is 4. The molecule has 4 aliphatic rings. The first kappa shape index (κ1) is 30.1. The standard InChI is InChI=1S/C52H34O/c1-3-4-15-35-32(2)51(43-21-10-5-16-36(35)43)44-22-11-6-19-39(44)41-28-26-33(30-48(41)51)50(53)34-27-29-42-40-20-9-14-25-47(40)52(49(42)31-34)45-23-12-7-17-37(45)38-18-8-13-24-46(38)52/h3-31H,1H2,2H3/b15-4-. The SMILES string of the molecule is C=C/C=C\C1=C(C)C2(c3ccccc31)c1ccccc1-c1ccc(C(=O)c3ccc4c(c3)C3(c5ccccc5-c5ccccc53)c3ccccc3-4)cc12. The van der Waals surface area contributed by atoms with Crippen LogP contribution < -0.4 is 0 Å². The summed E-state index contributed by atoms with van der Waals surface area (Å²) >= 11 is 0. The molecule has 0 amide bonds. The molecule has 0 heterocycles. The van der Waals surface area contributed by atoms with Crippen LogP contribution in [-0.4, -0.2) is 5.78 Å². The van der Waals surface area contributed by atoms with Crippen LogP contribution in [0, 0.1) is 0 Å². The van der Waals surface area contributed by atoms with Crippen LogP contribution in [0.4, 0.5) is 0 Å². The first-order valence-electron chi connectivity index (χ1n) is 18.4. The third-order valence-corrected chi connectivity index (χ3v) is 12.6. The van der Waals surface area contributed by atoms with Gasteiger partial charge in [0.05, 0.1) is 10.8 Å². The van der Waals surface area contributed by atoms with E-state index in [1.165, 1.54) is 89.0 Å². The summed E-state index contributed by atoms with van der Waals surface area (Å²) in [7, 11) is 0. The summed E-state index contributed by atoms with van der Waals surface area (Å²) < 4.78 is 0. The lowest BCUT2D eigenvalue weighted by Crippen LogP contribution is -2.27. The van der Waals surface area contributed by atoms with E-state index >= 15 is 0 Å². The van der Waals surface area contributed by atoms with Gasteiger partial charge in [-0.3, -0.25) is 4.79 Å². The minimum absolute atomic E-state index is 0.0343. The Hall–Kier alpha value is -6.57. The third kappa shape index (κ3) is 3.59. The van der Waals surface area contributed by atoms with Crippen LogP contribution in [-0.2, 0) is 10.8 Å². The maximum atomic E-state index is 15.0. The number of hydrogen-bond donors (Lipinski definition) is 0. The lowest BCUT2D eigenvalue weighted by molar-refractivity contribution is 0.103. The molecule has 7 aromatic carbocycles. The van der Waals surface area contributed by atoms with Crippen LogP contribution in [0.2, 0.25) is 0 Å². The molecule has 0 fully saturated rings. The molecule has 1 unspecified atom stereocenters. The van der Waals surface area contributed by atoms with Crippen molar-refractivity contribution >= 4 is 11.4 Å². The molecule has 0 saturated heterocycles. The average molecular weight is 675 g/mol. The van der Waals surface area contributed by atoms with Crippen molar-refractivity contribution in [3.63, 3.8) is 0 Å². The molecule has 0 saturated carbocycles. The fourth-order valence-corrected chi connectivity index (χ4v) is 10.5. The van der Waals surface area contributed by atoms with Crippen molar-refractivity contribution in [2.45, 2.75) is 17.8 Å². The zero-order valence-electron chi connectivity index (χ0n) is 29.4. The summed E-state index contributed by atoms with van der Waals surface area (Å²) in [6.07, 6.45) is 6.04. The van der Waals surface area contributed by atoms with Gasteiger partial charge >= 0.3 is 0 Å². The largest absolute Gasteiger partial charge is 0.289 e. The predicted octanol–water partition coefficient (Wildman–Crippen LogP) is 12.1. The van der Waals surface area contributed by atoms with Crippen molar-refractivity contribution in [3.8, 4) is 33.4 Å². The summed E-state index contributed by atoms with van der Waals surface area (Å²) in [4.78, 5) is 15.0. The smallest absolute Gasteiger partial charge is 0.193 e. The van der Waals surface area contributed by atoms with E-state index in [-0.39, 0.29) is 5.78 Å². The van der Waals surface area contributed by atoms with Gasteiger partial charge in [0.15, 0.2) is 5.78 Å². The van der Waals surface area contributed by atoms with Crippen LogP contribution in [0.1, 0.15) is 67.4 Å². The number of hydrogen-bond acceptors (Lipinski definition) is 1. The van der Waals surface area contributed by atoms with Gasteiger partial charge in [-0.15, -0.1) is 0 Å². The molecule has 1 nitrogen and oxygen atoms in total. The van der Waals surface area contributed by atoms with Crippen molar-refractivity contribution in [1.29, 1.82) is 0 Å². The second kappa shape index (κ2) is 10.7. The number of allylic oxidation sites excluding steroid dienone is 5. The minimum Gasteiger partial charge on any atom is -0.289 e. The van der Waals surface area contributed by atoms with E-state index in [0.29, 0.717) is 11.1 Å². The van der Waals surface area contributed by atoms with E-state index in [4.69, 9.17) is 0 Å². The number of carbonyl (C=O) groups excluding carboxylic acids is 1. The molecule has 1 heteroatoms. The molecule has 0 N–H and O–H groups in total. The molecule has 2 spiro atoms. The lowest BCUT2D eigenvalue weighted by atomic mass is 9.69. The van der Waals surface area contributed by atoms with E-state index in [1.54, 1.807) is 0 Å². The molecule has 0 aliphatic heterocycles. The van der Waals surface area contributed by atoms with Crippen LogP contribution >= 0.6 is 0 Å². The Morgan fingerprint density at radius 1 is 0.453 bits per heavy atom. The van der Waals surface area contributed by atoms with E-state index in [2.05, 4.69) is 165 Å². The lowest BCUT2D eigenvalue weighted by Gasteiger charge is -2.31. The van der Waals surface area contributed by atoms with Crippen LogP contribution in [0.3, 0.4) is 0 Å². The fourth-order valence-electron chi connectivity index (χ4n) is 10.5. The van der Waals surface area contributed by atoms with Gasteiger partial charge in [0, 0.05) is 11.1 Å². The topological polar surface area (TPSA) is 17.1 Å². The number of ketones is 1. The number of carbonyl (C=O) groups is 1. The number of fused-ring (bicyclic) bond motifs is 17. The molecule has 0 radical (unpaired) electrons. The maximum absolute atomic E-state index is 15.0. The van der Waals surface area contributed by atoms with Crippen molar-refractivity contribution in [1.82, 2.24) is 0 Å². The molecule has 4 aliphatic carbocycles. The van der Waals surface area contributed by atoms with Gasteiger partial charge in [0.25, 0.3) is 0 Å². The molecule has 11 rings (SSSR count). The number of benzene rings is 7. The first-order valence-corrected chi connectivity index (χ1v) is 18.4. The fraction of sp³-hybridized carbons (Fsp3) is 0.0577. The summed E-state index contributed by atoms with van der Waals surface area (Å²) in [5.74, 6) is 0.0343. The highest BCUT2D eigenvalue weighted by atomic mass is 16.1. The van der Waals surface area contributed by atoms with Crippen LogP contribution in [0.25, 0.3) is 39.0 Å². The molecule has 0 bridgehead atoms. The zero-order chi connectivity index (χ0) is 35.5. The Labute approximate surface area is 309 Å². The van der Waals surface area contributed by atoms with Gasteiger partial charge in [-0.05, 0) is 108 Å². The molecule has 7 aromatic rings. The quantitative estimate of drug-likeness (QED) is 0.134. The highest BCUT2D eigenvalue weighted by Gasteiger charge is 2.53. The van der Waals surface area contributed by atoms with Crippen molar-refractivity contribution in [3.05, 3.63) is 244 Å². The highest BCUT2D eigenvalue weighted by Crippen LogP contribution is 2.64. The predicted molar refractivity (Wildman–Crippen MR) is 216 cm³/mol. The van der Waals surface area contributed by atoms with Gasteiger partial charge < -0.3 is 0 Å². The van der Waals surface area contributed by atoms with E-state index < -0.39 is 10.8 Å². The Balaban J connectivity index is 1.12.